The van der Waals surface area contributed by atoms with E-state index in [2.05, 4.69) is 16.9 Å². The van der Waals surface area contributed by atoms with Crippen molar-refractivity contribution in [1.29, 1.82) is 0 Å². The Morgan fingerprint density at radius 2 is 1.24 bits per heavy atom. The fraction of sp³-hybridized carbons (Fsp3) is 0.545. The molecule has 3 heteroatoms. The minimum Gasteiger partial charge on any atom is -0.508 e. The number of hydrogen-bond acceptors (Lipinski definition) is 3. The molecule has 0 saturated carbocycles. The van der Waals surface area contributed by atoms with Gasteiger partial charge in [0.2, 0.25) is 0 Å². The van der Waals surface area contributed by atoms with Crippen molar-refractivity contribution in [2.24, 2.45) is 0 Å². The molecular formula is C22H32N2O. The van der Waals surface area contributed by atoms with Crippen molar-refractivity contribution >= 4 is 0 Å². The van der Waals surface area contributed by atoms with Gasteiger partial charge in [-0.05, 0) is 42.7 Å². The van der Waals surface area contributed by atoms with Crippen LogP contribution in [0.2, 0.25) is 0 Å². The Labute approximate surface area is 152 Å². The third-order valence-electron chi connectivity index (χ3n) is 4.65. The van der Waals surface area contributed by atoms with Gasteiger partial charge in [0.15, 0.2) is 5.82 Å². The molecule has 1 heterocycles. The standard InChI is InChI=1S/C22H32N2O/c1-2-3-4-5-6-7-8-9-10-11-12-19-17-23-22(24-18-19)20-13-15-21(25)16-14-20/h13-18,25H,2-12H2,1H3. The van der Waals surface area contributed by atoms with E-state index in [9.17, 15) is 5.11 Å². The van der Waals surface area contributed by atoms with Gasteiger partial charge in [0.1, 0.15) is 5.75 Å². The van der Waals surface area contributed by atoms with Crippen molar-refractivity contribution in [3.05, 3.63) is 42.2 Å². The highest BCUT2D eigenvalue weighted by molar-refractivity contribution is 5.55. The van der Waals surface area contributed by atoms with E-state index in [1.165, 1.54) is 69.8 Å². The van der Waals surface area contributed by atoms with Crippen molar-refractivity contribution in [1.82, 2.24) is 9.97 Å². The Kier molecular flexibility index (Phi) is 9.03. The molecule has 0 unspecified atom stereocenters. The fourth-order valence-electron chi connectivity index (χ4n) is 3.06. The van der Waals surface area contributed by atoms with E-state index >= 15 is 0 Å². The summed E-state index contributed by atoms with van der Waals surface area (Å²) in [5, 5.41) is 9.33. The molecule has 0 aliphatic carbocycles. The summed E-state index contributed by atoms with van der Waals surface area (Å²) in [4.78, 5) is 8.90. The molecule has 0 bridgehead atoms. The highest BCUT2D eigenvalue weighted by Crippen LogP contribution is 2.18. The van der Waals surface area contributed by atoms with Crippen LogP contribution in [0.3, 0.4) is 0 Å². The maximum absolute atomic E-state index is 9.33. The van der Waals surface area contributed by atoms with Crippen LogP contribution in [0.25, 0.3) is 11.4 Å². The maximum atomic E-state index is 9.33. The van der Waals surface area contributed by atoms with Gasteiger partial charge in [0.05, 0.1) is 0 Å². The predicted octanol–water partition coefficient (Wildman–Crippen LogP) is 6.31. The second-order valence-corrected chi connectivity index (χ2v) is 6.89. The van der Waals surface area contributed by atoms with E-state index in [4.69, 9.17) is 0 Å². The average molecular weight is 341 g/mol. The lowest BCUT2D eigenvalue weighted by Gasteiger charge is -2.04. The first-order chi connectivity index (χ1) is 12.3. The van der Waals surface area contributed by atoms with E-state index in [1.807, 2.05) is 24.5 Å². The highest BCUT2D eigenvalue weighted by atomic mass is 16.3. The van der Waals surface area contributed by atoms with Gasteiger partial charge in [-0.15, -0.1) is 0 Å². The molecule has 2 rings (SSSR count). The maximum Gasteiger partial charge on any atom is 0.159 e. The van der Waals surface area contributed by atoms with Gasteiger partial charge in [0.25, 0.3) is 0 Å². The Morgan fingerprint density at radius 3 is 1.80 bits per heavy atom. The summed E-state index contributed by atoms with van der Waals surface area (Å²) in [6.07, 6.45) is 18.5. The topological polar surface area (TPSA) is 46.0 Å². The summed E-state index contributed by atoms with van der Waals surface area (Å²) >= 11 is 0. The number of rotatable bonds is 12. The molecule has 0 radical (unpaired) electrons. The fourth-order valence-corrected chi connectivity index (χ4v) is 3.06. The number of unbranched alkanes of at least 4 members (excludes halogenated alkanes) is 9. The number of nitrogens with zero attached hydrogens (tertiary/aromatic N) is 2. The number of benzene rings is 1. The summed E-state index contributed by atoms with van der Waals surface area (Å²) in [6.45, 7) is 2.27. The molecule has 0 spiro atoms. The van der Waals surface area contributed by atoms with Crippen LogP contribution in [-0.2, 0) is 6.42 Å². The van der Waals surface area contributed by atoms with E-state index in [0.29, 0.717) is 5.82 Å². The van der Waals surface area contributed by atoms with Crippen molar-refractivity contribution in [2.45, 2.75) is 77.6 Å². The molecule has 1 aromatic heterocycles. The molecule has 3 nitrogen and oxygen atoms in total. The molecular weight excluding hydrogens is 308 g/mol. The summed E-state index contributed by atoms with van der Waals surface area (Å²) in [5.74, 6) is 0.980. The second-order valence-electron chi connectivity index (χ2n) is 6.89. The molecule has 0 atom stereocenters. The summed E-state index contributed by atoms with van der Waals surface area (Å²) < 4.78 is 0. The van der Waals surface area contributed by atoms with Crippen molar-refractivity contribution in [2.75, 3.05) is 0 Å². The molecule has 0 aliphatic heterocycles. The van der Waals surface area contributed by atoms with Crippen LogP contribution in [0.15, 0.2) is 36.7 Å². The van der Waals surface area contributed by atoms with Gasteiger partial charge in [-0.1, -0.05) is 64.7 Å². The molecule has 1 N–H and O–H groups in total. The minimum atomic E-state index is 0.265. The number of phenolic OH excluding ortho intramolecular Hbond substituents is 1. The normalized spacial score (nSPS) is 10.9. The summed E-state index contributed by atoms with van der Waals surface area (Å²) in [6, 6.07) is 7.01. The van der Waals surface area contributed by atoms with E-state index in [0.717, 1.165) is 12.0 Å². The molecule has 2 aromatic rings. The van der Waals surface area contributed by atoms with Gasteiger partial charge in [0, 0.05) is 18.0 Å². The molecule has 0 aliphatic rings. The van der Waals surface area contributed by atoms with Gasteiger partial charge in [-0.2, -0.15) is 0 Å². The van der Waals surface area contributed by atoms with Gasteiger partial charge in [-0.25, -0.2) is 9.97 Å². The molecule has 0 saturated heterocycles. The Morgan fingerprint density at radius 1 is 0.720 bits per heavy atom. The van der Waals surface area contributed by atoms with Crippen LogP contribution in [0, 0.1) is 0 Å². The van der Waals surface area contributed by atoms with E-state index < -0.39 is 0 Å². The molecule has 25 heavy (non-hydrogen) atoms. The Balaban J connectivity index is 1.58. The van der Waals surface area contributed by atoms with Crippen LogP contribution >= 0.6 is 0 Å². The number of aromatic hydroxyl groups is 1. The van der Waals surface area contributed by atoms with Gasteiger partial charge >= 0.3 is 0 Å². The third kappa shape index (κ3) is 7.68. The average Bonchev–Trinajstić information content (AvgIpc) is 2.64. The van der Waals surface area contributed by atoms with Crippen molar-refractivity contribution in [3.8, 4) is 17.1 Å². The lowest BCUT2D eigenvalue weighted by molar-refractivity contribution is 0.475. The van der Waals surface area contributed by atoms with E-state index in [1.54, 1.807) is 12.1 Å². The molecule has 136 valence electrons. The van der Waals surface area contributed by atoms with Crippen LogP contribution in [-0.4, -0.2) is 15.1 Å². The minimum absolute atomic E-state index is 0.265. The zero-order valence-corrected chi connectivity index (χ0v) is 15.6. The zero-order chi connectivity index (χ0) is 17.7. The third-order valence-corrected chi connectivity index (χ3v) is 4.65. The monoisotopic (exact) mass is 340 g/mol. The van der Waals surface area contributed by atoms with E-state index in [-0.39, 0.29) is 5.75 Å². The zero-order valence-electron chi connectivity index (χ0n) is 15.6. The SMILES string of the molecule is CCCCCCCCCCCCc1cnc(-c2ccc(O)cc2)nc1. The second kappa shape index (κ2) is 11.6. The first-order valence-corrected chi connectivity index (χ1v) is 9.90. The smallest absolute Gasteiger partial charge is 0.159 e. The number of aryl methyl sites for hydroxylation is 1. The first kappa shape index (κ1) is 19.4. The van der Waals surface area contributed by atoms with Crippen molar-refractivity contribution < 1.29 is 5.11 Å². The molecule has 0 amide bonds. The molecule has 1 aromatic carbocycles. The summed E-state index contributed by atoms with van der Waals surface area (Å²) in [5.41, 5.74) is 2.14. The number of phenols is 1. The molecule has 0 fully saturated rings. The van der Waals surface area contributed by atoms with Gasteiger partial charge in [-0.3, -0.25) is 0 Å². The lowest BCUT2D eigenvalue weighted by Crippen LogP contribution is -1.93. The highest BCUT2D eigenvalue weighted by Gasteiger charge is 2.02. The number of aromatic nitrogens is 2. The van der Waals surface area contributed by atoms with Gasteiger partial charge < -0.3 is 5.11 Å². The quantitative estimate of drug-likeness (QED) is 0.460. The van der Waals surface area contributed by atoms with Crippen LogP contribution in [0.5, 0.6) is 5.75 Å². The van der Waals surface area contributed by atoms with Crippen molar-refractivity contribution in [3.63, 3.8) is 0 Å². The predicted molar refractivity (Wildman–Crippen MR) is 105 cm³/mol. The Hall–Kier alpha value is -1.90. The van der Waals surface area contributed by atoms with Crippen LogP contribution < -0.4 is 0 Å². The Bertz CT molecular complexity index is 578. The summed E-state index contributed by atoms with van der Waals surface area (Å²) in [7, 11) is 0. The number of hydrogen-bond donors (Lipinski definition) is 1. The first-order valence-electron chi connectivity index (χ1n) is 9.90. The van der Waals surface area contributed by atoms with Crippen LogP contribution in [0.1, 0.15) is 76.7 Å². The lowest BCUT2D eigenvalue weighted by atomic mass is 10.0. The largest absolute Gasteiger partial charge is 0.508 e. The van der Waals surface area contributed by atoms with Crippen LogP contribution in [0.4, 0.5) is 0 Å².